The third-order valence-corrected chi connectivity index (χ3v) is 3.22. The zero-order valence-corrected chi connectivity index (χ0v) is 10.0. The van der Waals surface area contributed by atoms with Crippen LogP contribution in [0.1, 0.15) is 19.8 Å². The summed E-state index contributed by atoms with van der Waals surface area (Å²) in [5.41, 5.74) is -0.123. The zero-order valence-electron chi connectivity index (χ0n) is 10.0. The molecule has 1 rings (SSSR count). The Kier molecular flexibility index (Phi) is 5.53. The van der Waals surface area contributed by atoms with Gasteiger partial charge < -0.3 is 19.5 Å². The molecular weight excluding hydrogens is 194 g/mol. The van der Waals surface area contributed by atoms with E-state index in [1.807, 2.05) is 14.0 Å². The SMILES string of the molecule is CCOCC(NC)C1(OC)CCOCC1. The molecule has 4 heteroatoms. The molecule has 1 aliphatic heterocycles. The van der Waals surface area contributed by atoms with Crippen LogP contribution in [0, 0.1) is 0 Å². The van der Waals surface area contributed by atoms with Crippen LogP contribution in [-0.4, -0.2) is 52.2 Å². The largest absolute Gasteiger partial charge is 0.381 e. The van der Waals surface area contributed by atoms with Gasteiger partial charge in [0, 0.05) is 39.8 Å². The summed E-state index contributed by atoms with van der Waals surface area (Å²) in [5, 5.41) is 3.29. The quantitative estimate of drug-likeness (QED) is 0.714. The van der Waals surface area contributed by atoms with Crippen LogP contribution in [0.4, 0.5) is 0 Å². The molecule has 1 heterocycles. The Morgan fingerprint density at radius 2 is 2.07 bits per heavy atom. The molecule has 1 unspecified atom stereocenters. The highest BCUT2D eigenvalue weighted by molar-refractivity contribution is 4.94. The van der Waals surface area contributed by atoms with E-state index in [1.54, 1.807) is 7.11 Å². The highest BCUT2D eigenvalue weighted by Crippen LogP contribution is 2.28. The molecule has 1 saturated heterocycles. The van der Waals surface area contributed by atoms with Crippen molar-refractivity contribution in [2.24, 2.45) is 0 Å². The Bertz CT molecular complexity index is 169. The summed E-state index contributed by atoms with van der Waals surface area (Å²) in [4.78, 5) is 0. The number of rotatable bonds is 6. The average Bonchev–Trinajstić information content (AvgIpc) is 2.31. The Balaban J connectivity index is 2.58. The van der Waals surface area contributed by atoms with Crippen molar-refractivity contribution in [2.75, 3.05) is 40.6 Å². The molecule has 0 saturated carbocycles. The lowest BCUT2D eigenvalue weighted by atomic mass is 9.86. The summed E-state index contributed by atoms with van der Waals surface area (Å²) in [6.07, 6.45) is 1.87. The van der Waals surface area contributed by atoms with Crippen LogP contribution in [0.3, 0.4) is 0 Å². The maximum absolute atomic E-state index is 5.71. The van der Waals surface area contributed by atoms with E-state index in [1.165, 1.54) is 0 Å². The fourth-order valence-corrected chi connectivity index (χ4v) is 2.15. The third kappa shape index (κ3) is 3.14. The highest BCUT2D eigenvalue weighted by atomic mass is 16.5. The molecule has 0 bridgehead atoms. The van der Waals surface area contributed by atoms with Gasteiger partial charge in [-0.25, -0.2) is 0 Å². The van der Waals surface area contributed by atoms with Crippen LogP contribution in [0.15, 0.2) is 0 Å². The second kappa shape index (κ2) is 6.43. The lowest BCUT2D eigenvalue weighted by Crippen LogP contribution is -2.56. The minimum atomic E-state index is -0.123. The second-order valence-corrected chi connectivity index (χ2v) is 3.88. The summed E-state index contributed by atoms with van der Waals surface area (Å²) in [5.74, 6) is 0. The first-order valence-electron chi connectivity index (χ1n) is 5.67. The van der Waals surface area contributed by atoms with Gasteiger partial charge in [0.2, 0.25) is 0 Å². The number of likely N-dealkylation sites (N-methyl/N-ethyl adjacent to an activating group) is 1. The molecule has 1 fully saturated rings. The van der Waals surface area contributed by atoms with Crippen molar-refractivity contribution in [3.05, 3.63) is 0 Å². The van der Waals surface area contributed by atoms with Crippen molar-refractivity contribution < 1.29 is 14.2 Å². The van der Waals surface area contributed by atoms with Gasteiger partial charge in [-0.2, -0.15) is 0 Å². The van der Waals surface area contributed by atoms with Gasteiger partial charge in [0.1, 0.15) is 0 Å². The fourth-order valence-electron chi connectivity index (χ4n) is 2.15. The second-order valence-electron chi connectivity index (χ2n) is 3.88. The molecular formula is C11H23NO3. The van der Waals surface area contributed by atoms with E-state index >= 15 is 0 Å². The summed E-state index contributed by atoms with van der Waals surface area (Å²) < 4.78 is 16.6. The van der Waals surface area contributed by atoms with Gasteiger partial charge in [0.05, 0.1) is 18.2 Å². The third-order valence-electron chi connectivity index (χ3n) is 3.22. The van der Waals surface area contributed by atoms with Crippen LogP contribution in [0.25, 0.3) is 0 Å². The maximum atomic E-state index is 5.71. The zero-order chi connectivity index (χ0) is 11.1. The lowest BCUT2D eigenvalue weighted by molar-refractivity contribution is -0.120. The van der Waals surface area contributed by atoms with E-state index in [9.17, 15) is 0 Å². The minimum Gasteiger partial charge on any atom is -0.381 e. The Labute approximate surface area is 92.3 Å². The molecule has 0 aromatic rings. The highest BCUT2D eigenvalue weighted by Gasteiger charge is 2.39. The number of hydrogen-bond donors (Lipinski definition) is 1. The number of ether oxygens (including phenoxy) is 3. The molecule has 0 amide bonds. The molecule has 4 nitrogen and oxygen atoms in total. The van der Waals surface area contributed by atoms with Crippen LogP contribution in [0.2, 0.25) is 0 Å². The van der Waals surface area contributed by atoms with Crippen LogP contribution in [0.5, 0.6) is 0 Å². The molecule has 0 aliphatic carbocycles. The number of methoxy groups -OCH3 is 1. The van der Waals surface area contributed by atoms with Crippen molar-refractivity contribution in [1.29, 1.82) is 0 Å². The van der Waals surface area contributed by atoms with E-state index in [2.05, 4.69) is 5.32 Å². The van der Waals surface area contributed by atoms with Gasteiger partial charge in [0.15, 0.2) is 0 Å². The van der Waals surface area contributed by atoms with Gasteiger partial charge in [-0.1, -0.05) is 0 Å². The Morgan fingerprint density at radius 3 is 2.53 bits per heavy atom. The monoisotopic (exact) mass is 217 g/mol. The predicted octanol–water partition coefficient (Wildman–Crippen LogP) is 0.806. The van der Waals surface area contributed by atoms with E-state index in [0.717, 1.165) is 32.7 Å². The van der Waals surface area contributed by atoms with Crippen molar-refractivity contribution in [3.63, 3.8) is 0 Å². The van der Waals surface area contributed by atoms with Crippen LogP contribution < -0.4 is 5.32 Å². The molecule has 0 aromatic heterocycles. The molecule has 1 N–H and O–H groups in total. The van der Waals surface area contributed by atoms with Crippen molar-refractivity contribution in [3.8, 4) is 0 Å². The van der Waals surface area contributed by atoms with Gasteiger partial charge in [-0.3, -0.25) is 0 Å². The van der Waals surface area contributed by atoms with Crippen LogP contribution in [-0.2, 0) is 14.2 Å². The molecule has 1 aliphatic rings. The maximum Gasteiger partial charge on any atom is 0.0897 e. The Morgan fingerprint density at radius 1 is 1.40 bits per heavy atom. The fraction of sp³-hybridized carbons (Fsp3) is 1.00. The van der Waals surface area contributed by atoms with E-state index < -0.39 is 0 Å². The lowest BCUT2D eigenvalue weighted by Gasteiger charge is -2.42. The molecule has 0 spiro atoms. The molecule has 1 atom stereocenters. The number of hydrogen-bond acceptors (Lipinski definition) is 4. The van der Waals surface area contributed by atoms with Gasteiger partial charge in [-0.05, 0) is 14.0 Å². The number of nitrogens with one attached hydrogen (secondary N) is 1. The van der Waals surface area contributed by atoms with Gasteiger partial charge in [0.25, 0.3) is 0 Å². The summed E-state index contributed by atoms with van der Waals surface area (Å²) in [6, 6.07) is 0.242. The molecule has 90 valence electrons. The topological polar surface area (TPSA) is 39.7 Å². The molecule has 15 heavy (non-hydrogen) atoms. The van der Waals surface area contributed by atoms with Crippen molar-refractivity contribution >= 4 is 0 Å². The Hall–Kier alpha value is -0.160. The normalized spacial score (nSPS) is 22.6. The summed E-state index contributed by atoms with van der Waals surface area (Å²) in [7, 11) is 3.74. The van der Waals surface area contributed by atoms with E-state index in [-0.39, 0.29) is 11.6 Å². The van der Waals surface area contributed by atoms with E-state index in [0.29, 0.717) is 6.61 Å². The summed E-state index contributed by atoms with van der Waals surface area (Å²) >= 11 is 0. The standard InChI is InChI=1S/C11H23NO3/c1-4-14-9-10(12-2)11(13-3)5-7-15-8-6-11/h10,12H,4-9H2,1-3H3. The average molecular weight is 217 g/mol. The molecule has 0 aromatic carbocycles. The summed E-state index contributed by atoms with van der Waals surface area (Å²) in [6.45, 7) is 5.00. The first kappa shape index (κ1) is 12.9. The minimum absolute atomic E-state index is 0.123. The van der Waals surface area contributed by atoms with Gasteiger partial charge in [-0.15, -0.1) is 0 Å². The first-order valence-corrected chi connectivity index (χ1v) is 5.67. The smallest absolute Gasteiger partial charge is 0.0897 e. The van der Waals surface area contributed by atoms with Crippen molar-refractivity contribution in [1.82, 2.24) is 5.32 Å². The molecule has 0 radical (unpaired) electrons. The van der Waals surface area contributed by atoms with Crippen LogP contribution >= 0.6 is 0 Å². The predicted molar refractivity (Wildman–Crippen MR) is 59.1 cm³/mol. The van der Waals surface area contributed by atoms with Gasteiger partial charge >= 0.3 is 0 Å². The van der Waals surface area contributed by atoms with E-state index in [4.69, 9.17) is 14.2 Å². The first-order chi connectivity index (χ1) is 7.29. The van der Waals surface area contributed by atoms with Crippen molar-refractivity contribution in [2.45, 2.75) is 31.4 Å².